The summed E-state index contributed by atoms with van der Waals surface area (Å²) < 4.78 is 36.3. The second kappa shape index (κ2) is 17.4. The first-order valence-corrected chi connectivity index (χ1v) is 18.8. The Labute approximate surface area is 306 Å². The van der Waals surface area contributed by atoms with Gasteiger partial charge in [-0.25, -0.2) is 0 Å². The van der Waals surface area contributed by atoms with E-state index >= 15 is 0 Å². The van der Waals surface area contributed by atoms with Crippen LogP contribution < -0.4 is 0 Å². The third-order valence-electron chi connectivity index (χ3n) is 12.3. The highest BCUT2D eigenvalue weighted by molar-refractivity contribution is 5.01. The maximum absolute atomic E-state index is 11.1. The molecule has 0 radical (unpaired) electrons. The molecule has 6 aliphatic rings. The van der Waals surface area contributed by atoms with Gasteiger partial charge in [-0.15, -0.1) is 0 Å². The Balaban J connectivity index is 1.20. The van der Waals surface area contributed by atoms with Crippen molar-refractivity contribution in [3.63, 3.8) is 0 Å². The van der Waals surface area contributed by atoms with Crippen LogP contribution in [0.4, 0.5) is 0 Å². The molecular formula is C34H58O19. The van der Waals surface area contributed by atoms with Crippen molar-refractivity contribution >= 4 is 0 Å². The Kier molecular flexibility index (Phi) is 13.7. The molecule has 308 valence electrons. The minimum Gasteiger partial charge on any atom is -0.396 e. The van der Waals surface area contributed by atoms with E-state index in [1.165, 1.54) is 6.92 Å². The van der Waals surface area contributed by atoms with Gasteiger partial charge in [-0.05, 0) is 57.8 Å². The van der Waals surface area contributed by atoms with E-state index in [9.17, 15) is 66.4 Å². The van der Waals surface area contributed by atoms with E-state index in [1.807, 2.05) is 0 Å². The van der Waals surface area contributed by atoms with Crippen LogP contribution in [0.2, 0.25) is 0 Å². The number of aliphatic hydroxyl groups excluding tert-OH is 13. The predicted octanol–water partition coefficient (Wildman–Crippen LogP) is -5.68. The summed E-state index contributed by atoms with van der Waals surface area (Å²) in [5, 5.41) is 136. The van der Waals surface area contributed by atoms with E-state index in [4.69, 9.17) is 28.4 Å². The van der Waals surface area contributed by atoms with Gasteiger partial charge in [0.1, 0.15) is 54.9 Å². The molecule has 6 rings (SSSR count). The average molecular weight is 771 g/mol. The van der Waals surface area contributed by atoms with Crippen LogP contribution in [0.25, 0.3) is 0 Å². The minimum atomic E-state index is -1.79. The summed E-state index contributed by atoms with van der Waals surface area (Å²) in [7, 11) is 0. The second-order valence-corrected chi connectivity index (χ2v) is 15.9. The van der Waals surface area contributed by atoms with E-state index in [2.05, 4.69) is 0 Å². The SMILES string of the molecule is CC1OC(OCC2OC(OC3CC4C(OC5CC(CO)C(O)C(O)C5O)CC(O)CC4OC3C3CCC(O)C(O)C3)C(O)C(O)C2O)C(O)C(O)C1O. The number of hydrogen-bond donors (Lipinski definition) is 13. The van der Waals surface area contributed by atoms with E-state index in [1.54, 1.807) is 0 Å². The summed E-state index contributed by atoms with van der Waals surface area (Å²) in [6.45, 7) is 0.503. The van der Waals surface area contributed by atoms with Crippen molar-refractivity contribution < 1.29 is 94.8 Å². The van der Waals surface area contributed by atoms with Gasteiger partial charge in [0.25, 0.3) is 0 Å². The van der Waals surface area contributed by atoms with E-state index in [0.717, 1.165) is 0 Å². The van der Waals surface area contributed by atoms with Crippen molar-refractivity contribution in [1.82, 2.24) is 0 Å². The zero-order valence-corrected chi connectivity index (χ0v) is 29.5. The molecule has 3 saturated heterocycles. The lowest BCUT2D eigenvalue weighted by Crippen LogP contribution is -2.63. The first kappa shape index (κ1) is 41.9. The molecular weight excluding hydrogens is 712 g/mol. The summed E-state index contributed by atoms with van der Waals surface area (Å²) in [6, 6.07) is 0. The molecule has 0 aromatic carbocycles. The highest BCUT2D eigenvalue weighted by atomic mass is 16.7. The number of rotatable bonds is 9. The number of ether oxygens (including phenoxy) is 6. The lowest BCUT2D eigenvalue weighted by molar-refractivity contribution is -0.346. The molecule has 0 aromatic heterocycles. The Bertz CT molecular complexity index is 1170. The Morgan fingerprint density at radius 3 is 1.92 bits per heavy atom. The number of aliphatic hydroxyl groups is 13. The summed E-state index contributed by atoms with van der Waals surface area (Å²) in [5.74, 6) is -1.62. The largest absolute Gasteiger partial charge is 0.396 e. The molecule has 3 heterocycles. The smallest absolute Gasteiger partial charge is 0.187 e. The van der Waals surface area contributed by atoms with Gasteiger partial charge in [-0.1, -0.05) is 0 Å². The fourth-order valence-corrected chi connectivity index (χ4v) is 9.04. The molecule has 0 spiro atoms. The van der Waals surface area contributed by atoms with Gasteiger partial charge in [0.2, 0.25) is 0 Å². The standard InChI is InChI=1S/C34H58O19/c1-11-23(39)27(43)30(46)33(49-11)48-10-22-26(42)29(45)31(47)34(53-22)52-21-8-15-18(50-20-5-13(9-35)24(40)28(44)25(20)41)6-14(36)7-19(15)51-32(21)12-2-3-16(37)17(38)4-12/h11-47H,2-10H2,1H3. The molecule has 13 N–H and O–H groups in total. The Morgan fingerprint density at radius 2 is 1.23 bits per heavy atom. The molecule has 0 amide bonds. The number of fused-ring (bicyclic) bond motifs is 1. The van der Waals surface area contributed by atoms with Gasteiger partial charge >= 0.3 is 0 Å². The third-order valence-corrected chi connectivity index (χ3v) is 12.3. The maximum Gasteiger partial charge on any atom is 0.187 e. The molecule has 0 aromatic rings. The molecule has 19 heteroatoms. The number of hydrogen-bond acceptors (Lipinski definition) is 19. The van der Waals surface area contributed by atoms with E-state index in [-0.39, 0.29) is 44.4 Å². The summed E-state index contributed by atoms with van der Waals surface area (Å²) >= 11 is 0. The van der Waals surface area contributed by atoms with Crippen LogP contribution in [-0.2, 0) is 28.4 Å². The van der Waals surface area contributed by atoms with Crippen molar-refractivity contribution in [1.29, 1.82) is 0 Å². The van der Waals surface area contributed by atoms with Crippen LogP contribution in [0.3, 0.4) is 0 Å². The molecule has 24 unspecified atom stereocenters. The van der Waals surface area contributed by atoms with Crippen molar-refractivity contribution in [2.45, 2.75) is 180 Å². The third kappa shape index (κ3) is 8.74. The molecule has 24 atom stereocenters. The molecule has 3 saturated carbocycles. The highest BCUT2D eigenvalue weighted by Crippen LogP contribution is 2.45. The first-order chi connectivity index (χ1) is 25.1. The van der Waals surface area contributed by atoms with Gasteiger partial charge < -0.3 is 94.8 Å². The predicted molar refractivity (Wildman–Crippen MR) is 173 cm³/mol. The fraction of sp³-hybridized carbons (Fsp3) is 1.00. The van der Waals surface area contributed by atoms with Crippen LogP contribution in [0, 0.1) is 17.8 Å². The van der Waals surface area contributed by atoms with Gasteiger partial charge in [0.05, 0.1) is 67.6 Å². The van der Waals surface area contributed by atoms with Crippen molar-refractivity contribution in [3.05, 3.63) is 0 Å². The van der Waals surface area contributed by atoms with Crippen molar-refractivity contribution in [2.24, 2.45) is 17.8 Å². The normalized spacial score (nSPS) is 55.4. The summed E-state index contributed by atoms with van der Waals surface area (Å²) in [5.41, 5.74) is 0. The zero-order chi connectivity index (χ0) is 38.5. The first-order valence-electron chi connectivity index (χ1n) is 18.8. The van der Waals surface area contributed by atoms with E-state index < -0.39 is 154 Å². The minimum absolute atomic E-state index is 0.0265. The van der Waals surface area contributed by atoms with Gasteiger partial charge in [0.15, 0.2) is 12.6 Å². The fourth-order valence-electron chi connectivity index (χ4n) is 9.04. The van der Waals surface area contributed by atoms with Gasteiger partial charge in [-0.2, -0.15) is 0 Å². The van der Waals surface area contributed by atoms with Crippen LogP contribution in [-0.4, -0.2) is 208 Å². The lowest BCUT2D eigenvalue weighted by atomic mass is 9.72. The van der Waals surface area contributed by atoms with Crippen LogP contribution >= 0.6 is 0 Å². The van der Waals surface area contributed by atoms with Crippen LogP contribution in [0.15, 0.2) is 0 Å². The van der Waals surface area contributed by atoms with E-state index in [0.29, 0.717) is 6.42 Å². The molecule has 6 fully saturated rings. The molecule has 3 aliphatic heterocycles. The Hall–Kier alpha value is -0.760. The maximum atomic E-state index is 11.1. The average Bonchev–Trinajstić information content (AvgIpc) is 3.13. The quantitative estimate of drug-likeness (QED) is 0.104. The molecule has 53 heavy (non-hydrogen) atoms. The monoisotopic (exact) mass is 770 g/mol. The van der Waals surface area contributed by atoms with Crippen LogP contribution in [0.1, 0.15) is 51.9 Å². The topological polar surface area (TPSA) is 318 Å². The summed E-state index contributed by atoms with van der Waals surface area (Å²) in [4.78, 5) is 0. The molecule has 3 aliphatic carbocycles. The zero-order valence-electron chi connectivity index (χ0n) is 29.5. The summed E-state index contributed by atoms with van der Waals surface area (Å²) in [6.07, 6.45) is -25.1. The van der Waals surface area contributed by atoms with Crippen molar-refractivity contribution in [3.8, 4) is 0 Å². The van der Waals surface area contributed by atoms with Gasteiger partial charge in [-0.3, -0.25) is 0 Å². The second-order valence-electron chi connectivity index (χ2n) is 15.9. The van der Waals surface area contributed by atoms with Gasteiger partial charge in [0, 0.05) is 18.4 Å². The molecule has 0 bridgehead atoms. The lowest BCUT2D eigenvalue weighted by Gasteiger charge is -2.52. The highest BCUT2D eigenvalue weighted by Gasteiger charge is 2.54. The Morgan fingerprint density at radius 1 is 0.547 bits per heavy atom. The van der Waals surface area contributed by atoms with Crippen molar-refractivity contribution in [2.75, 3.05) is 13.2 Å². The van der Waals surface area contributed by atoms with Crippen LogP contribution in [0.5, 0.6) is 0 Å². The molecule has 19 nitrogen and oxygen atoms in total.